The Bertz CT molecular complexity index is 842. The molecule has 3 rings (SSSR count). The first-order valence-electron chi connectivity index (χ1n) is 8.12. The fourth-order valence-electron chi connectivity index (χ4n) is 2.48. The Morgan fingerprint density at radius 1 is 1.19 bits per heavy atom. The molecule has 0 bridgehead atoms. The van der Waals surface area contributed by atoms with Gasteiger partial charge < -0.3 is 5.32 Å². The van der Waals surface area contributed by atoms with Gasteiger partial charge in [-0.3, -0.25) is 14.5 Å². The molecule has 26 heavy (non-hydrogen) atoms. The molecule has 2 aromatic carbocycles. The van der Waals surface area contributed by atoms with E-state index in [2.05, 4.69) is 10.3 Å². The number of nitrogens with zero attached hydrogens (tertiary/aromatic N) is 2. The zero-order chi connectivity index (χ0) is 18.5. The van der Waals surface area contributed by atoms with Gasteiger partial charge in [-0.15, -0.1) is 0 Å². The van der Waals surface area contributed by atoms with Crippen molar-refractivity contribution in [2.75, 3.05) is 7.05 Å². The first-order chi connectivity index (χ1) is 12.5. The molecule has 1 saturated heterocycles. The number of amidine groups is 1. The molecule has 0 spiro atoms. The molecule has 7 heteroatoms. The fraction of sp³-hybridized carbons (Fsp3) is 0.211. The molecule has 2 amide bonds. The number of halogens is 1. The molecule has 1 fully saturated rings. The van der Waals surface area contributed by atoms with Crippen LogP contribution in [0.15, 0.2) is 59.6 Å². The van der Waals surface area contributed by atoms with Crippen LogP contribution >= 0.6 is 23.4 Å². The molecule has 1 atom stereocenters. The summed E-state index contributed by atoms with van der Waals surface area (Å²) in [5.74, 6) is -0.289. The number of thioether (sulfide) groups is 1. The summed E-state index contributed by atoms with van der Waals surface area (Å²) in [6.07, 6.45) is 0.113. The molecule has 1 N–H and O–H groups in total. The lowest BCUT2D eigenvalue weighted by atomic mass is 10.2. The van der Waals surface area contributed by atoms with Gasteiger partial charge in [-0.2, -0.15) is 0 Å². The van der Waals surface area contributed by atoms with Gasteiger partial charge in [-0.25, -0.2) is 4.99 Å². The monoisotopic (exact) mass is 387 g/mol. The Hall–Kier alpha value is -2.31. The van der Waals surface area contributed by atoms with Gasteiger partial charge in [-0.05, 0) is 17.7 Å². The average Bonchev–Trinajstić information content (AvgIpc) is 2.91. The molecule has 1 aliphatic rings. The first kappa shape index (κ1) is 18.5. The number of hydrogen-bond donors (Lipinski definition) is 1. The summed E-state index contributed by atoms with van der Waals surface area (Å²) in [5, 5.41) is 3.44. The topological polar surface area (TPSA) is 61.8 Å². The highest BCUT2D eigenvalue weighted by molar-refractivity contribution is 8.15. The summed E-state index contributed by atoms with van der Waals surface area (Å²) >= 11 is 7.41. The van der Waals surface area contributed by atoms with Crippen LogP contribution in [-0.2, 0) is 16.1 Å². The van der Waals surface area contributed by atoms with Crippen LogP contribution in [0.1, 0.15) is 12.0 Å². The van der Waals surface area contributed by atoms with Crippen molar-refractivity contribution in [2.24, 2.45) is 4.99 Å². The Balaban J connectivity index is 1.62. The Morgan fingerprint density at radius 3 is 2.62 bits per heavy atom. The van der Waals surface area contributed by atoms with E-state index in [4.69, 9.17) is 11.6 Å². The molecular formula is C19H18ClN3O2S. The summed E-state index contributed by atoms with van der Waals surface area (Å²) in [4.78, 5) is 30.5. The second-order valence-corrected chi connectivity index (χ2v) is 7.39. The van der Waals surface area contributed by atoms with Crippen LogP contribution in [0.3, 0.4) is 0 Å². The number of para-hydroxylation sites is 1. The van der Waals surface area contributed by atoms with Gasteiger partial charge in [0.1, 0.15) is 5.25 Å². The molecule has 0 saturated carbocycles. The third-order valence-corrected chi connectivity index (χ3v) is 5.46. The molecule has 1 aliphatic heterocycles. The predicted octanol–water partition coefficient (Wildman–Crippen LogP) is 3.61. The minimum absolute atomic E-state index is 0.113. The van der Waals surface area contributed by atoms with Crippen LogP contribution in [0.4, 0.5) is 5.69 Å². The molecule has 0 aromatic heterocycles. The second kappa shape index (κ2) is 8.38. The molecule has 0 aliphatic carbocycles. The zero-order valence-corrected chi connectivity index (χ0v) is 15.8. The number of carbonyl (C=O) groups excluding carboxylic acids is 2. The van der Waals surface area contributed by atoms with Crippen LogP contribution < -0.4 is 5.32 Å². The van der Waals surface area contributed by atoms with Crippen LogP contribution in [0, 0.1) is 0 Å². The molecule has 0 unspecified atom stereocenters. The van der Waals surface area contributed by atoms with E-state index in [1.54, 1.807) is 19.2 Å². The number of aliphatic imine (C=N–C) groups is 1. The van der Waals surface area contributed by atoms with E-state index in [9.17, 15) is 9.59 Å². The van der Waals surface area contributed by atoms with Gasteiger partial charge in [0.2, 0.25) is 11.8 Å². The lowest BCUT2D eigenvalue weighted by Crippen LogP contribution is -2.32. The second-order valence-electron chi connectivity index (χ2n) is 5.82. The summed E-state index contributed by atoms with van der Waals surface area (Å²) in [5.41, 5.74) is 1.62. The van der Waals surface area contributed by atoms with Crippen molar-refractivity contribution in [3.8, 4) is 0 Å². The van der Waals surface area contributed by atoms with Crippen LogP contribution in [0.5, 0.6) is 0 Å². The number of benzene rings is 2. The molecular weight excluding hydrogens is 370 g/mol. The number of carbonyl (C=O) groups is 2. The van der Waals surface area contributed by atoms with E-state index in [0.29, 0.717) is 22.4 Å². The smallest absolute Gasteiger partial charge is 0.242 e. The Morgan fingerprint density at radius 2 is 1.88 bits per heavy atom. The molecule has 0 radical (unpaired) electrons. The zero-order valence-electron chi connectivity index (χ0n) is 14.2. The first-order valence-corrected chi connectivity index (χ1v) is 9.38. The van der Waals surface area contributed by atoms with Gasteiger partial charge in [0.15, 0.2) is 5.17 Å². The number of hydrogen-bond acceptors (Lipinski definition) is 4. The molecule has 2 aromatic rings. The maximum atomic E-state index is 12.4. The van der Waals surface area contributed by atoms with E-state index >= 15 is 0 Å². The standard InChI is InChI=1S/C19H18ClN3O2S/c1-23-18(25)16(11-17(24)21-12-13-7-3-2-4-8-13)26-19(23)22-15-10-6-5-9-14(15)20/h2-10,16H,11-12H2,1H3,(H,21,24)/t16-/m0/s1. The maximum Gasteiger partial charge on any atom is 0.242 e. The lowest BCUT2D eigenvalue weighted by Gasteiger charge is -2.09. The highest BCUT2D eigenvalue weighted by atomic mass is 35.5. The number of rotatable bonds is 5. The van der Waals surface area contributed by atoms with Gasteiger partial charge in [0.25, 0.3) is 0 Å². The van der Waals surface area contributed by atoms with E-state index in [-0.39, 0.29) is 18.2 Å². The Labute approximate surface area is 161 Å². The van der Waals surface area contributed by atoms with E-state index in [0.717, 1.165) is 5.56 Å². The largest absolute Gasteiger partial charge is 0.352 e. The van der Waals surface area contributed by atoms with Crippen molar-refractivity contribution in [1.82, 2.24) is 10.2 Å². The van der Waals surface area contributed by atoms with Gasteiger partial charge in [-0.1, -0.05) is 65.8 Å². The van der Waals surface area contributed by atoms with Gasteiger partial charge in [0.05, 0.1) is 10.7 Å². The highest BCUT2D eigenvalue weighted by Gasteiger charge is 2.37. The van der Waals surface area contributed by atoms with E-state index < -0.39 is 5.25 Å². The highest BCUT2D eigenvalue weighted by Crippen LogP contribution is 2.32. The minimum Gasteiger partial charge on any atom is -0.352 e. The van der Waals surface area contributed by atoms with Crippen molar-refractivity contribution in [1.29, 1.82) is 0 Å². The average molecular weight is 388 g/mol. The van der Waals surface area contributed by atoms with Crippen molar-refractivity contribution in [3.63, 3.8) is 0 Å². The SMILES string of the molecule is CN1C(=O)[C@H](CC(=O)NCc2ccccc2)SC1=Nc1ccccc1Cl. The summed E-state index contributed by atoms with van der Waals surface area (Å²) in [6, 6.07) is 16.8. The normalized spacial score (nSPS) is 18.4. The van der Waals surface area contributed by atoms with Gasteiger partial charge in [0, 0.05) is 20.0 Å². The van der Waals surface area contributed by atoms with Crippen molar-refractivity contribution >= 4 is 46.0 Å². The van der Waals surface area contributed by atoms with E-state index in [1.807, 2.05) is 42.5 Å². The lowest BCUT2D eigenvalue weighted by molar-refractivity contribution is -0.128. The fourth-order valence-corrected chi connectivity index (χ4v) is 3.81. The van der Waals surface area contributed by atoms with Crippen molar-refractivity contribution in [3.05, 3.63) is 65.2 Å². The van der Waals surface area contributed by atoms with Gasteiger partial charge >= 0.3 is 0 Å². The Kier molecular flexibility index (Phi) is 5.96. The number of nitrogens with one attached hydrogen (secondary N) is 1. The summed E-state index contributed by atoms with van der Waals surface area (Å²) in [7, 11) is 1.66. The summed E-state index contributed by atoms with van der Waals surface area (Å²) < 4.78 is 0. The molecule has 134 valence electrons. The van der Waals surface area contributed by atoms with Crippen LogP contribution in [0.2, 0.25) is 5.02 Å². The van der Waals surface area contributed by atoms with Crippen LogP contribution in [0.25, 0.3) is 0 Å². The number of amides is 2. The van der Waals surface area contributed by atoms with E-state index in [1.165, 1.54) is 16.7 Å². The molecule has 1 heterocycles. The van der Waals surface area contributed by atoms with Crippen LogP contribution in [-0.4, -0.2) is 34.2 Å². The molecule has 5 nitrogen and oxygen atoms in total. The van der Waals surface area contributed by atoms with Crippen molar-refractivity contribution < 1.29 is 9.59 Å². The maximum absolute atomic E-state index is 12.4. The quantitative estimate of drug-likeness (QED) is 0.852. The van der Waals surface area contributed by atoms with Crippen molar-refractivity contribution in [2.45, 2.75) is 18.2 Å². The third-order valence-electron chi connectivity index (χ3n) is 3.91. The predicted molar refractivity (Wildman–Crippen MR) is 106 cm³/mol. The summed E-state index contributed by atoms with van der Waals surface area (Å²) in [6.45, 7) is 0.446. The third kappa shape index (κ3) is 4.45. The minimum atomic E-state index is -0.475.